The zero-order chi connectivity index (χ0) is 15.8. The SMILES string of the molecule is Cc1ccccc1CNC(=O)NC(CO)Cc1ccccc1. The molecule has 0 saturated heterocycles. The van der Waals surface area contributed by atoms with Crippen molar-refractivity contribution in [1.29, 1.82) is 0 Å². The van der Waals surface area contributed by atoms with Gasteiger partial charge in [-0.15, -0.1) is 0 Å². The van der Waals surface area contributed by atoms with E-state index in [1.807, 2.05) is 61.5 Å². The quantitative estimate of drug-likeness (QED) is 0.767. The molecule has 0 spiro atoms. The lowest BCUT2D eigenvalue weighted by Gasteiger charge is -2.17. The number of hydrogen-bond donors (Lipinski definition) is 3. The largest absolute Gasteiger partial charge is 0.394 e. The van der Waals surface area contributed by atoms with E-state index in [9.17, 15) is 9.90 Å². The third-order valence-electron chi connectivity index (χ3n) is 3.58. The molecule has 1 atom stereocenters. The van der Waals surface area contributed by atoms with E-state index < -0.39 is 0 Å². The van der Waals surface area contributed by atoms with Gasteiger partial charge < -0.3 is 15.7 Å². The Morgan fingerprint density at radius 2 is 1.77 bits per heavy atom. The molecule has 0 radical (unpaired) electrons. The number of aliphatic hydroxyl groups excluding tert-OH is 1. The lowest BCUT2D eigenvalue weighted by molar-refractivity contribution is 0.215. The average Bonchev–Trinajstić information content (AvgIpc) is 2.54. The fourth-order valence-corrected chi connectivity index (χ4v) is 2.28. The Morgan fingerprint density at radius 3 is 2.45 bits per heavy atom. The van der Waals surface area contributed by atoms with Crippen LogP contribution in [0.3, 0.4) is 0 Å². The van der Waals surface area contributed by atoms with E-state index >= 15 is 0 Å². The van der Waals surface area contributed by atoms with Gasteiger partial charge in [-0.05, 0) is 30.0 Å². The number of nitrogens with one attached hydrogen (secondary N) is 2. The van der Waals surface area contributed by atoms with Gasteiger partial charge in [-0.2, -0.15) is 0 Å². The molecule has 0 fully saturated rings. The number of benzene rings is 2. The summed E-state index contributed by atoms with van der Waals surface area (Å²) in [7, 11) is 0. The van der Waals surface area contributed by atoms with Gasteiger partial charge in [-0.3, -0.25) is 0 Å². The Hall–Kier alpha value is -2.33. The lowest BCUT2D eigenvalue weighted by Crippen LogP contribution is -2.44. The molecule has 2 rings (SSSR count). The van der Waals surface area contributed by atoms with Gasteiger partial charge in [0.25, 0.3) is 0 Å². The topological polar surface area (TPSA) is 61.4 Å². The van der Waals surface area contributed by atoms with Crippen molar-refractivity contribution in [2.75, 3.05) is 6.61 Å². The first kappa shape index (κ1) is 16.0. The molecule has 0 heterocycles. The summed E-state index contributed by atoms with van der Waals surface area (Å²) in [6.07, 6.45) is 0.606. The van der Waals surface area contributed by atoms with Crippen LogP contribution < -0.4 is 10.6 Å². The van der Waals surface area contributed by atoms with Gasteiger partial charge in [-0.1, -0.05) is 54.6 Å². The predicted molar refractivity (Wildman–Crippen MR) is 87.6 cm³/mol. The van der Waals surface area contributed by atoms with Crippen molar-refractivity contribution in [2.45, 2.75) is 25.9 Å². The first-order valence-electron chi connectivity index (χ1n) is 7.42. The average molecular weight is 298 g/mol. The van der Waals surface area contributed by atoms with E-state index in [4.69, 9.17) is 0 Å². The third-order valence-corrected chi connectivity index (χ3v) is 3.58. The highest BCUT2D eigenvalue weighted by molar-refractivity contribution is 5.74. The molecular weight excluding hydrogens is 276 g/mol. The Labute approximate surface area is 131 Å². The van der Waals surface area contributed by atoms with Crippen LogP contribution in [0.15, 0.2) is 54.6 Å². The van der Waals surface area contributed by atoms with Gasteiger partial charge in [0.05, 0.1) is 12.6 Å². The van der Waals surface area contributed by atoms with Crippen LogP contribution in [0.25, 0.3) is 0 Å². The number of hydrogen-bond acceptors (Lipinski definition) is 2. The number of urea groups is 1. The molecule has 0 aliphatic rings. The molecule has 3 N–H and O–H groups in total. The van der Waals surface area contributed by atoms with Crippen LogP contribution in [0.2, 0.25) is 0 Å². The second-order valence-electron chi connectivity index (χ2n) is 5.32. The van der Waals surface area contributed by atoms with Crippen molar-refractivity contribution in [3.63, 3.8) is 0 Å². The molecule has 2 aromatic rings. The van der Waals surface area contributed by atoms with Crippen LogP contribution in [-0.4, -0.2) is 23.8 Å². The summed E-state index contributed by atoms with van der Waals surface area (Å²) in [6.45, 7) is 2.40. The monoisotopic (exact) mass is 298 g/mol. The molecule has 1 unspecified atom stereocenters. The molecule has 0 saturated carbocycles. The zero-order valence-electron chi connectivity index (χ0n) is 12.8. The number of aliphatic hydroxyl groups is 1. The first-order valence-corrected chi connectivity index (χ1v) is 7.42. The summed E-state index contributed by atoms with van der Waals surface area (Å²) in [6, 6.07) is 17.2. The maximum absolute atomic E-state index is 12.0. The van der Waals surface area contributed by atoms with E-state index in [1.54, 1.807) is 0 Å². The Bertz CT molecular complexity index is 599. The molecule has 0 aliphatic heterocycles. The van der Waals surface area contributed by atoms with Crippen LogP contribution in [0.4, 0.5) is 4.79 Å². The standard InChI is InChI=1S/C18H22N2O2/c1-14-7-5-6-10-16(14)12-19-18(22)20-17(13-21)11-15-8-3-2-4-9-15/h2-10,17,21H,11-13H2,1H3,(H2,19,20,22). The third kappa shape index (κ3) is 4.90. The van der Waals surface area contributed by atoms with E-state index in [1.165, 1.54) is 0 Å². The molecular formula is C18H22N2O2. The highest BCUT2D eigenvalue weighted by atomic mass is 16.3. The van der Waals surface area contributed by atoms with Crippen molar-refractivity contribution in [3.05, 3.63) is 71.3 Å². The second kappa shape index (κ2) is 8.20. The van der Waals surface area contributed by atoms with Gasteiger partial charge in [0.1, 0.15) is 0 Å². The molecule has 22 heavy (non-hydrogen) atoms. The maximum Gasteiger partial charge on any atom is 0.315 e. The van der Waals surface area contributed by atoms with Gasteiger partial charge in [0, 0.05) is 6.54 Å². The molecule has 0 aliphatic carbocycles. The number of carbonyl (C=O) groups excluding carboxylic acids is 1. The van der Waals surface area contributed by atoms with Gasteiger partial charge in [-0.25, -0.2) is 4.79 Å². The number of rotatable bonds is 6. The van der Waals surface area contributed by atoms with Crippen molar-refractivity contribution >= 4 is 6.03 Å². The highest BCUT2D eigenvalue weighted by Crippen LogP contribution is 2.06. The van der Waals surface area contributed by atoms with Crippen LogP contribution in [-0.2, 0) is 13.0 Å². The van der Waals surface area contributed by atoms with Gasteiger partial charge in [0.15, 0.2) is 0 Å². The zero-order valence-corrected chi connectivity index (χ0v) is 12.8. The van der Waals surface area contributed by atoms with Crippen LogP contribution in [0.1, 0.15) is 16.7 Å². The number of amides is 2. The highest BCUT2D eigenvalue weighted by Gasteiger charge is 2.12. The van der Waals surface area contributed by atoms with E-state index in [2.05, 4.69) is 10.6 Å². The maximum atomic E-state index is 12.0. The smallest absolute Gasteiger partial charge is 0.315 e. The normalized spacial score (nSPS) is 11.7. The Kier molecular flexibility index (Phi) is 5.98. The van der Waals surface area contributed by atoms with Gasteiger partial charge >= 0.3 is 6.03 Å². The van der Waals surface area contributed by atoms with E-state index in [0.29, 0.717) is 13.0 Å². The number of carbonyl (C=O) groups is 1. The molecule has 4 nitrogen and oxygen atoms in total. The molecule has 2 aromatic carbocycles. The fourth-order valence-electron chi connectivity index (χ4n) is 2.28. The summed E-state index contributed by atoms with van der Waals surface area (Å²) >= 11 is 0. The summed E-state index contributed by atoms with van der Waals surface area (Å²) in [5.41, 5.74) is 3.31. The minimum absolute atomic E-state index is 0.0906. The van der Waals surface area contributed by atoms with Crippen molar-refractivity contribution in [3.8, 4) is 0 Å². The molecule has 4 heteroatoms. The van der Waals surface area contributed by atoms with Crippen LogP contribution in [0.5, 0.6) is 0 Å². The molecule has 116 valence electrons. The minimum Gasteiger partial charge on any atom is -0.394 e. The van der Waals surface area contributed by atoms with Crippen LogP contribution in [0, 0.1) is 6.92 Å². The molecule has 0 bridgehead atoms. The summed E-state index contributed by atoms with van der Waals surface area (Å²) < 4.78 is 0. The van der Waals surface area contributed by atoms with Crippen molar-refractivity contribution in [2.24, 2.45) is 0 Å². The summed E-state index contributed by atoms with van der Waals surface area (Å²) in [5, 5.41) is 15.1. The Balaban J connectivity index is 1.83. The summed E-state index contributed by atoms with van der Waals surface area (Å²) in [4.78, 5) is 12.0. The van der Waals surface area contributed by atoms with Crippen LogP contribution >= 0.6 is 0 Å². The van der Waals surface area contributed by atoms with E-state index in [0.717, 1.165) is 16.7 Å². The first-order chi connectivity index (χ1) is 10.7. The van der Waals surface area contributed by atoms with E-state index in [-0.39, 0.29) is 18.7 Å². The Morgan fingerprint density at radius 1 is 1.09 bits per heavy atom. The van der Waals surface area contributed by atoms with Crippen molar-refractivity contribution in [1.82, 2.24) is 10.6 Å². The molecule has 0 aromatic heterocycles. The predicted octanol–water partition coefficient (Wildman–Crippen LogP) is 2.40. The fraction of sp³-hybridized carbons (Fsp3) is 0.278. The summed E-state index contributed by atoms with van der Waals surface area (Å²) in [5.74, 6) is 0. The number of aryl methyl sites for hydroxylation is 1. The molecule has 2 amide bonds. The second-order valence-corrected chi connectivity index (χ2v) is 5.32. The minimum atomic E-state index is -0.292. The van der Waals surface area contributed by atoms with Gasteiger partial charge in [0.2, 0.25) is 0 Å². The lowest BCUT2D eigenvalue weighted by atomic mass is 10.1. The van der Waals surface area contributed by atoms with Crippen molar-refractivity contribution < 1.29 is 9.90 Å².